The van der Waals surface area contributed by atoms with E-state index in [1.54, 1.807) is 0 Å². The molecular weight excluding hydrogens is 270 g/mol. The average Bonchev–Trinajstić information content (AvgIpc) is 2.20. The van der Waals surface area contributed by atoms with Gasteiger partial charge in [-0.05, 0) is 24.6 Å². The fourth-order valence-electron chi connectivity index (χ4n) is 1.10. The topological polar surface area (TPSA) is 18.5 Å². The van der Waals surface area contributed by atoms with Crippen LogP contribution in [0, 0.1) is 0 Å². The van der Waals surface area contributed by atoms with Crippen LogP contribution in [-0.4, -0.2) is 42.8 Å². The third kappa shape index (κ3) is 14.0. The molecule has 2 nitrogen and oxygen atoms in total. The standard InChI is InChI=1S/C10H23O2PS2.Na/c1-3-5-7-9-11-13(14,15)12-10-8-6-4-2;/h3-10H2,1-2H3,(H,14,15);. The Kier molecular flexibility index (Phi) is 16.9. The summed E-state index contributed by atoms with van der Waals surface area (Å²) in [6.07, 6.45) is 6.84. The SMILES string of the molecule is CCCCCOP(=S)(S)OCCCCC.[Na]. The summed E-state index contributed by atoms with van der Waals surface area (Å²) < 4.78 is 11.0. The van der Waals surface area contributed by atoms with Crippen molar-refractivity contribution in [2.75, 3.05) is 13.2 Å². The Balaban J connectivity index is 0. The Hall–Kier alpha value is 1.92. The molecule has 0 aromatic carbocycles. The second-order valence-electron chi connectivity index (χ2n) is 3.55. The van der Waals surface area contributed by atoms with Crippen molar-refractivity contribution in [3.63, 3.8) is 0 Å². The van der Waals surface area contributed by atoms with Crippen molar-refractivity contribution in [1.82, 2.24) is 0 Å². The largest absolute Gasteiger partial charge is 0.322 e. The summed E-state index contributed by atoms with van der Waals surface area (Å²) in [5.74, 6) is 0. The first-order valence-electron chi connectivity index (χ1n) is 5.74. The predicted octanol–water partition coefficient (Wildman–Crippen LogP) is 4.17. The normalized spacial score (nSPS) is 11.2. The molecule has 0 aliphatic carbocycles. The third-order valence-corrected chi connectivity index (χ3v) is 4.35. The molecule has 0 rings (SSSR count). The van der Waals surface area contributed by atoms with Gasteiger partial charge in [-0.3, -0.25) is 0 Å². The molecule has 6 heteroatoms. The van der Waals surface area contributed by atoms with Crippen molar-refractivity contribution in [3.8, 4) is 0 Å². The van der Waals surface area contributed by atoms with Crippen LogP contribution < -0.4 is 0 Å². The molecule has 0 heterocycles. The molecule has 0 fully saturated rings. The molecule has 16 heavy (non-hydrogen) atoms. The molecule has 0 amide bonds. The van der Waals surface area contributed by atoms with Crippen molar-refractivity contribution in [1.29, 1.82) is 0 Å². The van der Waals surface area contributed by atoms with Gasteiger partial charge in [-0.15, -0.1) is 0 Å². The van der Waals surface area contributed by atoms with Crippen molar-refractivity contribution in [2.24, 2.45) is 0 Å². The fraction of sp³-hybridized carbons (Fsp3) is 1.00. The molecule has 0 aliphatic rings. The van der Waals surface area contributed by atoms with Gasteiger partial charge in [0.25, 0.3) is 0 Å². The number of hydrogen-bond acceptors (Lipinski definition) is 3. The van der Waals surface area contributed by atoms with E-state index in [0.29, 0.717) is 13.2 Å². The van der Waals surface area contributed by atoms with Crippen molar-refractivity contribution in [3.05, 3.63) is 0 Å². The van der Waals surface area contributed by atoms with E-state index >= 15 is 0 Å². The number of rotatable bonds is 10. The minimum absolute atomic E-state index is 0. The Bertz CT molecular complexity index is 178. The molecule has 0 spiro atoms. The molecule has 0 aromatic rings. The van der Waals surface area contributed by atoms with E-state index in [1.807, 2.05) is 0 Å². The van der Waals surface area contributed by atoms with Crippen molar-refractivity contribution < 1.29 is 9.05 Å². The zero-order valence-electron chi connectivity index (χ0n) is 10.8. The summed E-state index contributed by atoms with van der Waals surface area (Å²) in [5, 5.41) is 0. The molecule has 0 atom stereocenters. The molecule has 0 unspecified atom stereocenters. The van der Waals surface area contributed by atoms with E-state index in [2.05, 4.69) is 26.1 Å². The van der Waals surface area contributed by atoms with E-state index in [1.165, 1.54) is 25.7 Å². The van der Waals surface area contributed by atoms with Gasteiger partial charge in [0.1, 0.15) is 0 Å². The molecule has 0 bridgehead atoms. The van der Waals surface area contributed by atoms with Crippen LogP contribution >= 0.6 is 17.9 Å². The number of hydrogen-bond donors (Lipinski definition) is 1. The van der Waals surface area contributed by atoms with Gasteiger partial charge in [-0.2, -0.15) is 0 Å². The van der Waals surface area contributed by atoms with Crippen LogP contribution in [0.2, 0.25) is 0 Å². The van der Waals surface area contributed by atoms with Crippen molar-refractivity contribution >= 4 is 59.3 Å². The van der Waals surface area contributed by atoms with Gasteiger partial charge >= 0.3 is 0 Å². The maximum atomic E-state index is 5.48. The maximum absolute atomic E-state index is 5.48. The first-order valence-corrected chi connectivity index (χ1v) is 9.53. The minimum Gasteiger partial charge on any atom is -0.322 e. The first kappa shape index (κ1) is 20.2. The van der Waals surface area contributed by atoms with Crippen LogP contribution in [0.4, 0.5) is 0 Å². The quantitative estimate of drug-likeness (QED) is 0.282. The molecule has 1 radical (unpaired) electrons. The van der Waals surface area contributed by atoms with E-state index in [-0.39, 0.29) is 29.6 Å². The Morgan fingerprint density at radius 2 is 1.31 bits per heavy atom. The summed E-state index contributed by atoms with van der Waals surface area (Å²) >= 11 is 9.45. The van der Waals surface area contributed by atoms with Crippen LogP contribution in [0.25, 0.3) is 0 Å². The fourth-order valence-corrected chi connectivity index (χ4v) is 2.83. The maximum Gasteiger partial charge on any atom is 0.244 e. The Morgan fingerprint density at radius 3 is 1.62 bits per heavy atom. The number of thiol groups is 1. The van der Waals surface area contributed by atoms with Crippen LogP contribution in [0.1, 0.15) is 52.4 Å². The first-order chi connectivity index (χ1) is 7.12. The van der Waals surface area contributed by atoms with Gasteiger partial charge in [0, 0.05) is 29.6 Å². The van der Waals surface area contributed by atoms with E-state index < -0.39 is 5.69 Å². The Morgan fingerprint density at radius 1 is 0.938 bits per heavy atom. The van der Waals surface area contributed by atoms with Gasteiger partial charge in [0.15, 0.2) is 0 Å². The molecule has 0 N–H and O–H groups in total. The third-order valence-electron chi connectivity index (χ3n) is 2.00. The summed E-state index contributed by atoms with van der Waals surface area (Å²) in [5.41, 5.74) is -2.25. The summed E-state index contributed by atoms with van der Waals surface area (Å²) in [7, 11) is 0. The van der Waals surface area contributed by atoms with E-state index in [0.717, 1.165) is 12.8 Å². The smallest absolute Gasteiger partial charge is 0.244 e. The Labute approximate surface area is 133 Å². The average molecular weight is 293 g/mol. The monoisotopic (exact) mass is 293 g/mol. The summed E-state index contributed by atoms with van der Waals surface area (Å²) in [6.45, 7) is 5.70. The van der Waals surface area contributed by atoms with Crippen LogP contribution in [0.3, 0.4) is 0 Å². The van der Waals surface area contributed by atoms with Crippen LogP contribution in [0.15, 0.2) is 0 Å². The molecule has 0 saturated carbocycles. The van der Waals surface area contributed by atoms with Gasteiger partial charge in [-0.1, -0.05) is 51.8 Å². The second-order valence-corrected chi connectivity index (χ2v) is 8.84. The summed E-state index contributed by atoms with van der Waals surface area (Å²) in [6, 6.07) is 0. The van der Waals surface area contributed by atoms with Gasteiger partial charge in [0.2, 0.25) is 5.69 Å². The van der Waals surface area contributed by atoms with Gasteiger partial charge in [-0.25, -0.2) is 0 Å². The second kappa shape index (κ2) is 13.4. The molecule has 0 saturated heterocycles. The molecular formula is C10H23NaO2PS2. The molecule has 0 aliphatic heterocycles. The van der Waals surface area contributed by atoms with Crippen LogP contribution in [0.5, 0.6) is 0 Å². The zero-order valence-corrected chi connectivity index (χ0v) is 15.4. The van der Waals surface area contributed by atoms with Gasteiger partial charge in [0.05, 0.1) is 13.2 Å². The number of unbranched alkanes of at least 4 members (excludes halogenated alkanes) is 4. The van der Waals surface area contributed by atoms with E-state index in [9.17, 15) is 0 Å². The zero-order chi connectivity index (χ0) is 11.6. The molecule has 93 valence electrons. The van der Waals surface area contributed by atoms with E-state index in [4.69, 9.17) is 20.9 Å². The summed E-state index contributed by atoms with van der Waals surface area (Å²) in [4.78, 5) is 0. The van der Waals surface area contributed by atoms with Crippen molar-refractivity contribution in [2.45, 2.75) is 52.4 Å². The predicted molar refractivity (Wildman–Crippen MR) is 80.0 cm³/mol. The van der Waals surface area contributed by atoms with Crippen LogP contribution in [-0.2, 0) is 20.9 Å². The minimum atomic E-state index is -2.25. The molecule has 0 aromatic heterocycles. The van der Waals surface area contributed by atoms with Gasteiger partial charge < -0.3 is 9.05 Å².